The summed E-state index contributed by atoms with van der Waals surface area (Å²) < 4.78 is 5.59. The van der Waals surface area contributed by atoms with Crippen molar-refractivity contribution in [2.45, 2.75) is 13.5 Å². The largest absolute Gasteiger partial charge is 0.377 e. The number of H-pyrrole nitrogens is 1. The molecule has 0 aliphatic heterocycles. The van der Waals surface area contributed by atoms with Crippen molar-refractivity contribution in [3.05, 3.63) is 40.6 Å². The highest BCUT2D eigenvalue weighted by atomic mass is 32.1. The second kappa shape index (κ2) is 5.16. The Morgan fingerprint density at radius 1 is 1.35 bits per heavy atom. The zero-order valence-corrected chi connectivity index (χ0v) is 10.5. The van der Waals surface area contributed by atoms with E-state index in [-0.39, 0.29) is 0 Å². The molecule has 88 valence electrons. The van der Waals surface area contributed by atoms with E-state index in [1.165, 1.54) is 0 Å². The van der Waals surface area contributed by atoms with Crippen LogP contribution < -0.4 is 0 Å². The number of nitrogens with zero attached hydrogens (tertiary/aromatic N) is 2. The zero-order valence-electron chi connectivity index (χ0n) is 9.73. The Balaban J connectivity index is 2.48. The number of hydrogen-bond donors (Lipinski definition) is 1. The van der Waals surface area contributed by atoms with Gasteiger partial charge < -0.3 is 9.72 Å². The SMILES string of the molecule is COCc1nc(=S)cc(-c2cncc(C)c2)[nH]1. The smallest absolute Gasteiger partial charge is 0.134 e. The number of pyridine rings is 1. The highest BCUT2D eigenvalue weighted by Crippen LogP contribution is 2.17. The van der Waals surface area contributed by atoms with Crippen LogP contribution in [0.4, 0.5) is 0 Å². The predicted octanol–water partition coefficient (Wildman–Crippen LogP) is 2.66. The molecule has 0 saturated carbocycles. The van der Waals surface area contributed by atoms with E-state index in [9.17, 15) is 0 Å². The summed E-state index contributed by atoms with van der Waals surface area (Å²) in [6, 6.07) is 3.87. The lowest BCUT2D eigenvalue weighted by atomic mass is 10.1. The van der Waals surface area contributed by atoms with Crippen molar-refractivity contribution in [2.24, 2.45) is 0 Å². The molecule has 2 aromatic rings. The lowest BCUT2D eigenvalue weighted by molar-refractivity contribution is 0.177. The standard InChI is InChI=1S/C12H13N3OS/c1-8-3-9(6-13-5-8)10-4-12(17)15-11(14-10)7-16-2/h3-6H,7H2,1-2H3,(H,14,15,17). The summed E-state index contributed by atoms with van der Waals surface area (Å²) in [4.78, 5) is 11.5. The predicted molar refractivity (Wildman–Crippen MR) is 68.1 cm³/mol. The Bertz CT molecular complexity index is 580. The number of aryl methyl sites for hydroxylation is 1. The highest BCUT2D eigenvalue weighted by molar-refractivity contribution is 7.71. The first-order valence-corrected chi connectivity index (χ1v) is 5.61. The molecular formula is C12H13N3OS. The van der Waals surface area contributed by atoms with Gasteiger partial charge in [-0.25, -0.2) is 4.98 Å². The molecule has 0 amide bonds. The molecule has 0 aliphatic rings. The third-order valence-corrected chi connectivity index (χ3v) is 2.47. The monoisotopic (exact) mass is 247 g/mol. The van der Waals surface area contributed by atoms with Gasteiger partial charge in [0.05, 0.1) is 5.69 Å². The number of methoxy groups -OCH3 is 1. The molecule has 0 spiro atoms. The molecule has 5 heteroatoms. The van der Waals surface area contributed by atoms with Crippen LogP contribution in [0.5, 0.6) is 0 Å². The van der Waals surface area contributed by atoms with E-state index in [4.69, 9.17) is 17.0 Å². The van der Waals surface area contributed by atoms with Crippen molar-refractivity contribution in [1.82, 2.24) is 15.0 Å². The summed E-state index contributed by atoms with van der Waals surface area (Å²) in [5, 5.41) is 0. The van der Waals surface area contributed by atoms with E-state index in [1.54, 1.807) is 13.3 Å². The summed E-state index contributed by atoms with van der Waals surface area (Å²) in [5.74, 6) is 0.719. The van der Waals surface area contributed by atoms with Crippen LogP contribution in [0.1, 0.15) is 11.4 Å². The van der Waals surface area contributed by atoms with Crippen LogP contribution in [-0.4, -0.2) is 22.1 Å². The Kier molecular flexibility index (Phi) is 3.61. The van der Waals surface area contributed by atoms with Gasteiger partial charge in [-0.15, -0.1) is 0 Å². The van der Waals surface area contributed by atoms with Crippen LogP contribution in [0.25, 0.3) is 11.3 Å². The van der Waals surface area contributed by atoms with Gasteiger partial charge in [0, 0.05) is 25.1 Å². The Morgan fingerprint density at radius 3 is 2.88 bits per heavy atom. The van der Waals surface area contributed by atoms with E-state index in [1.807, 2.05) is 25.3 Å². The minimum atomic E-state index is 0.413. The van der Waals surface area contributed by atoms with E-state index in [2.05, 4.69) is 15.0 Å². The maximum absolute atomic E-state index is 5.13. The Morgan fingerprint density at radius 2 is 2.18 bits per heavy atom. The lowest BCUT2D eigenvalue weighted by Crippen LogP contribution is -1.99. The maximum Gasteiger partial charge on any atom is 0.134 e. The fourth-order valence-electron chi connectivity index (χ4n) is 1.57. The third kappa shape index (κ3) is 2.95. The number of hydrogen-bond acceptors (Lipinski definition) is 4. The number of aromatic nitrogens is 3. The van der Waals surface area contributed by atoms with Crippen LogP contribution in [0, 0.1) is 11.6 Å². The lowest BCUT2D eigenvalue weighted by Gasteiger charge is -2.05. The Labute approximate surface area is 105 Å². The van der Waals surface area contributed by atoms with Crippen LogP contribution >= 0.6 is 12.2 Å². The minimum absolute atomic E-state index is 0.413. The highest BCUT2D eigenvalue weighted by Gasteiger charge is 2.02. The molecule has 0 radical (unpaired) electrons. The van der Waals surface area contributed by atoms with Crippen molar-refractivity contribution >= 4 is 12.2 Å². The van der Waals surface area contributed by atoms with Gasteiger partial charge in [-0.3, -0.25) is 4.98 Å². The maximum atomic E-state index is 5.13. The average molecular weight is 247 g/mol. The van der Waals surface area contributed by atoms with E-state index in [0.717, 1.165) is 22.6 Å². The second-order valence-electron chi connectivity index (χ2n) is 3.76. The second-order valence-corrected chi connectivity index (χ2v) is 4.18. The van der Waals surface area contributed by atoms with Gasteiger partial charge in [-0.05, 0) is 24.6 Å². The van der Waals surface area contributed by atoms with Gasteiger partial charge in [-0.1, -0.05) is 12.2 Å². The molecule has 0 aromatic carbocycles. The van der Waals surface area contributed by atoms with Crippen molar-refractivity contribution in [3.63, 3.8) is 0 Å². The number of nitrogens with one attached hydrogen (secondary N) is 1. The molecule has 0 saturated heterocycles. The summed E-state index contributed by atoms with van der Waals surface area (Å²) in [6.45, 7) is 2.42. The molecule has 0 aliphatic carbocycles. The van der Waals surface area contributed by atoms with Crippen LogP contribution in [0.3, 0.4) is 0 Å². The molecule has 0 bridgehead atoms. The fourth-order valence-corrected chi connectivity index (χ4v) is 1.80. The van der Waals surface area contributed by atoms with Crippen molar-refractivity contribution < 1.29 is 4.74 Å². The van der Waals surface area contributed by atoms with Crippen molar-refractivity contribution in [1.29, 1.82) is 0 Å². The molecule has 4 nitrogen and oxygen atoms in total. The minimum Gasteiger partial charge on any atom is -0.377 e. The van der Waals surface area contributed by atoms with E-state index >= 15 is 0 Å². The summed E-state index contributed by atoms with van der Waals surface area (Å²) >= 11 is 5.13. The van der Waals surface area contributed by atoms with Gasteiger partial charge in [0.25, 0.3) is 0 Å². The molecule has 2 aromatic heterocycles. The summed E-state index contributed by atoms with van der Waals surface area (Å²) in [6.07, 6.45) is 3.61. The number of rotatable bonds is 3. The molecule has 0 unspecified atom stereocenters. The first-order chi connectivity index (χ1) is 8.19. The van der Waals surface area contributed by atoms with E-state index < -0.39 is 0 Å². The molecule has 2 heterocycles. The van der Waals surface area contributed by atoms with Gasteiger partial charge >= 0.3 is 0 Å². The summed E-state index contributed by atoms with van der Waals surface area (Å²) in [5.41, 5.74) is 3.01. The molecule has 2 rings (SSSR count). The molecule has 1 N–H and O–H groups in total. The van der Waals surface area contributed by atoms with E-state index in [0.29, 0.717) is 11.2 Å². The number of aromatic amines is 1. The summed E-state index contributed by atoms with van der Waals surface area (Å²) in [7, 11) is 1.62. The topological polar surface area (TPSA) is 50.8 Å². The Hall–Kier alpha value is -1.59. The van der Waals surface area contributed by atoms with Crippen LogP contribution in [-0.2, 0) is 11.3 Å². The zero-order chi connectivity index (χ0) is 12.3. The van der Waals surface area contributed by atoms with Crippen molar-refractivity contribution in [3.8, 4) is 11.3 Å². The molecule has 17 heavy (non-hydrogen) atoms. The third-order valence-electron chi connectivity index (χ3n) is 2.26. The first kappa shape index (κ1) is 11.9. The van der Waals surface area contributed by atoms with Crippen LogP contribution in [0.2, 0.25) is 0 Å². The number of ether oxygens (including phenoxy) is 1. The van der Waals surface area contributed by atoms with Gasteiger partial charge in [0.1, 0.15) is 17.1 Å². The molecule has 0 atom stereocenters. The van der Waals surface area contributed by atoms with Gasteiger partial charge in [0.15, 0.2) is 0 Å². The van der Waals surface area contributed by atoms with Gasteiger partial charge in [-0.2, -0.15) is 0 Å². The quantitative estimate of drug-likeness (QED) is 0.847. The van der Waals surface area contributed by atoms with Crippen molar-refractivity contribution in [2.75, 3.05) is 7.11 Å². The first-order valence-electron chi connectivity index (χ1n) is 5.20. The normalized spacial score (nSPS) is 10.5. The van der Waals surface area contributed by atoms with Crippen LogP contribution in [0.15, 0.2) is 24.5 Å². The fraction of sp³-hybridized carbons (Fsp3) is 0.250. The van der Waals surface area contributed by atoms with Gasteiger partial charge in [0.2, 0.25) is 0 Å². The average Bonchev–Trinajstić information content (AvgIpc) is 2.28. The molecule has 0 fully saturated rings. The molecular weight excluding hydrogens is 234 g/mol.